The Labute approximate surface area is 128 Å². The molecule has 2 rings (SSSR count). The van der Waals surface area contributed by atoms with Gasteiger partial charge in [-0.25, -0.2) is 8.78 Å². The third-order valence-electron chi connectivity index (χ3n) is 3.52. The summed E-state index contributed by atoms with van der Waals surface area (Å²) in [5, 5.41) is 22.3. The number of benzene rings is 2. The van der Waals surface area contributed by atoms with Crippen molar-refractivity contribution in [3.63, 3.8) is 0 Å². The highest BCUT2D eigenvalue weighted by Gasteiger charge is 2.11. The molecule has 2 atom stereocenters. The molecule has 3 nitrogen and oxygen atoms in total. The zero-order valence-electron chi connectivity index (χ0n) is 12.3. The minimum Gasteiger partial charge on any atom is -0.508 e. The summed E-state index contributed by atoms with van der Waals surface area (Å²) in [7, 11) is 0. The molecular formula is C17H19F2NO2. The summed E-state index contributed by atoms with van der Waals surface area (Å²) in [4.78, 5) is 0. The summed E-state index contributed by atoms with van der Waals surface area (Å²) in [6.07, 6.45) is -0.711. The number of hydrogen-bond donors (Lipinski definition) is 3. The van der Waals surface area contributed by atoms with Gasteiger partial charge in [-0.15, -0.1) is 0 Å². The molecule has 0 fully saturated rings. The maximum Gasteiger partial charge on any atom is 0.126 e. The molecule has 22 heavy (non-hydrogen) atoms. The highest BCUT2D eigenvalue weighted by Crippen LogP contribution is 2.19. The van der Waals surface area contributed by atoms with Crippen LogP contribution in [0.4, 0.5) is 8.78 Å². The maximum absolute atomic E-state index is 13.2. The topological polar surface area (TPSA) is 52.5 Å². The second-order valence-electron chi connectivity index (χ2n) is 5.37. The van der Waals surface area contributed by atoms with E-state index in [0.29, 0.717) is 24.2 Å². The van der Waals surface area contributed by atoms with Gasteiger partial charge in [-0.05, 0) is 41.3 Å². The van der Waals surface area contributed by atoms with E-state index in [1.165, 1.54) is 24.3 Å². The second kappa shape index (κ2) is 7.33. The monoisotopic (exact) mass is 307 g/mol. The summed E-state index contributed by atoms with van der Waals surface area (Å²) in [5.41, 5.74) is 1.26. The van der Waals surface area contributed by atoms with E-state index < -0.39 is 17.7 Å². The average molecular weight is 307 g/mol. The van der Waals surface area contributed by atoms with E-state index in [1.54, 1.807) is 12.1 Å². The van der Waals surface area contributed by atoms with Gasteiger partial charge in [-0.1, -0.05) is 19.1 Å². The van der Waals surface area contributed by atoms with Gasteiger partial charge in [0.1, 0.15) is 17.4 Å². The fourth-order valence-corrected chi connectivity index (χ4v) is 2.23. The SMILES string of the molecule is CC(CNCC(O)c1ccc(O)cc1)c1cc(F)cc(F)c1. The van der Waals surface area contributed by atoms with Gasteiger partial charge in [0.25, 0.3) is 0 Å². The Bertz CT molecular complexity index is 596. The van der Waals surface area contributed by atoms with Crippen LogP contribution >= 0.6 is 0 Å². The largest absolute Gasteiger partial charge is 0.508 e. The molecule has 0 saturated heterocycles. The number of nitrogens with one attached hydrogen (secondary N) is 1. The fourth-order valence-electron chi connectivity index (χ4n) is 2.23. The summed E-state index contributed by atoms with van der Waals surface area (Å²) in [6.45, 7) is 2.65. The summed E-state index contributed by atoms with van der Waals surface area (Å²) < 4.78 is 26.3. The molecule has 0 heterocycles. The van der Waals surface area contributed by atoms with Gasteiger partial charge < -0.3 is 15.5 Å². The lowest BCUT2D eigenvalue weighted by Crippen LogP contribution is -2.25. The van der Waals surface area contributed by atoms with Crippen LogP contribution in [0, 0.1) is 11.6 Å². The number of hydrogen-bond acceptors (Lipinski definition) is 3. The van der Waals surface area contributed by atoms with E-state index in [0.717, 1.165) is 6.07 Å². The maximum atomic E-state index is 13.2. The van der Waals surface area contributed by atoms with E-state index in [2.05, 4.69) is 5.32 Å². The molecule has 0 saturated carbocycles. The number of phenols is 1. The molecule has 0 aliphatic carbocycles. The third kappa shape index (κ3) is 4.51. The Balaban J connectivity index is 1.86. The summed E-state index contributed by atoms with van der Waals surface area (Å²) >= 11 is 0. The Morgan fingerprint density at radius 3 is 2.14 bits per heavy atom. The molecule has 0 radical (unpaired) electrons. The molecule has 0 spiro atoms. The Morgan fingerprint density at radius 1 is 0.955 bits per heavy atom. The van der Waals surface area contributed by atoms with Crippen molar-refractivity contribution in [2.24, 2.45) is 0 Å². The number of phenolic OH excluding ortho intramolecular Hbond substituents is 1. The first-order valence-corrected chi connectivity index (χ1v) is 7.09. The zero-order valence-corrected chi connectivity index (χ0v) is 12.3. The lowest BCUT2D eigenvalue weighted by Gasteiger charge is -2.16. The lowest BCUT2D eigenvalue weighted by molar-refractivity contribution is 0.174. The van der Waals surface area contributed by atoms with Crippen LogP contribution in [0.3, 0.4) is 0 Å². The highest BCUT2D eigenvalue weighted by molar-refractivity contribution is 5.27. The van der Waals surface area contributed by atoms with Crippen molar-refractivity contribution in [2.45, 2.75) is 18.9 Å². The van der Waals surface area contributed by atoms with Crippen LogP contribution in [-0.2, 0) is 0 Å². The second-order valence-corrected chi connectivity index (χ2v) is 5.37. The Kier molecular flexibility index (Phi) is 5.46. The van der Waals surface area contributed by atoms with Crippen molar-refractivity contribution >= 4 is 0 Å². The predicted octanol–water partition coefficient (Wildman–Crippen LogP) is 3.10. The van der Waals surface area contributed by atoms with Crippen LogP contribution in [0.2, 0.25) is 0 Å². The molecule has 2 aromatic rings. The van der Waals surface area contributed by atoms with Crippen LogP contribution in [0.25, 0.3) is 0 Å². The molecular weight excluding hydrogens is 288 g/mol. The summed E-state index contributed by atoms with van der Waals surface area (Å²) in [5.74, 6) is -1.13. The molecule has 0 aliphatic rings. The first-order valence-electron chi connectivity index (χ1n) is 7.09. The average Bonchev–Trinajstić information content (AvgIpc) is 2.46. The van der Waals surface area contributed by atoms with Crippen LogP contribution in [0.15, 0.2) is 42.5 Å². The number of aliphatic hydroxyl groups excluding tert-OH is 1. The van der Waals surface area contributed by atoms with E-state index in [1.807, 2.05) is 6.92 Å². The Hall–Kier alpha value is -1.98. The third-order valence-corrected chi connectivity index (χ3v) is 3.52. The number of rotatable bonds is 6. The van der Waals surface area contributed by atoms with Gasteiger partial charge in [0.15, 0.2) is 0 Å². The van der Waals surface area contributed by atoms with Crippen LogP contribution in [-0.4, -0.2) is 23.3 Å². The molecule has 3 N–H and O–H groups in total. The minimum atomic E-state index is -0.711. The molecule has 118 valence electrons. The van der Waals surface area contributed by atoms with Crippen LogP contribution in [0.1, 0.15) is 30.1 Å². The van der Waals surface area contributed by atoms with E-state index in [9.17, 15) is 19.0 Å². The zero-order chi connectivity index (χ0) is 16.1. The first-order chi connectivity index (χ1) is 10.5. The normalized spacial score (nSPS) is 13.8. The molecule has 0 aliphatic heterocycles. The molecule has 2 aromatic carbocycles. The minimum absolute atomic E-state index is 0.0859. The van der Waals surface area contributed by atoms with Gasteiger partial charge in [0, 0.05) is 19.2 Å². The van der Waals surface area contributed by atoms with Crippen molar-refractivity contribution in [1.29, 1.82) is 0 Å². The predicted molar refractivity (Wildman–Crippen MR) is 80.7 cm³/mol. The van der Waals surface area contributed by atoms with Gasteiger partial charge in [0.05, 0.1) is 6.10 Å². The van der Waals surface area contributed by atoms with Crippen molar-refractivity contribution in [3.8, 4) is 5.75 Å². The molecule has 2 unspecified atom stereocenters. The van der Waals surface area contributed by atoms with Crippen LogP contribution in [0.5, 0.6) is 5.75 Å². The number of aliphatic hydroxyl groups is 1. The van der Waals surface area contributed by atoms with Gasteiger partial charge in [-0.3, -0.25) is 0 Å². The number of aromatic hydroxyl groups is 1. The lowest BCUT2D eigenvalue weighted by atomic mass is 10.0. The molecule has 5 heteroatoms. The first kappa shape index (κ1) is 16.4. The van der Waals surface area contributed by atoms with Gasteiger partial charge in [0.2, 0.25) is 0 Å². The van der Waals surface area contributed by atoms with Gasteiger partial charge in [-0.2, -0.15) is 0 Å². The van der Waals surface area contributed by atoms with Crippen molar-refractivity contribution in [3.05, 3.63) is 65.2 Å². The molecule has 0 bridgehead atoms. The van der Waals surface area contributed by atoms with Crippen LogP contribution < -0.4 is 5.32 Å². The quantitative estimate of drug-likeness (QED) is 0.768. The Morgan fingerprint density at radius 2 is 1.55 bits per heavy atom. The van der Waals surface area contributed by atoms with E-state index in [4.69, 9.17) is 0 Å². The van der Waals surface area contributed by atoms with Gasteiger partial charge >= 0.3 is 0 Å². The smallest absolute Gasteiger partial charge is 0.126 e. The highest BCUT2D eigenvalue weighted by atomic mass is 19.1. The van der Waals surface area contributed by atoms with Crippen molar-refractivity contribution in [1.82, 2.24) is 5.32 Å². The summed E-state index contributed by atoms with van der Waals surface area (Å²) in [6, 6.07) is 9.78. The molecule has 0 amide bonds. The van der Waals surface area contributed by atoms with E-state index >= 15 is 0 Å². The van der Waals surface area contributed by atoms with E-state index in [-0.39, 0.29) is 11.7 Å². The van der Waals surface area contributed by atoms with Crippen molar-refractivity contribution < 1.29 is 19.0 Å². The number of halogens is 2. The standard InChI is InChI=1S/C17H19F2NO2/c1-11(13-6-14(18)8-15(19)7-13)9-20-10-17(22)12-2-4-16(21)5-3-12/h2-8,11,17,20-22H,9-10H2,1H3. The van der Waals surface area contributed by atoms with Crippen molar-refractivity contribution in [2.75, 3.05) is 13.1 Å². The fraction of sp³-hybridized carbons (Fsp3) is 0.294. The molecule has 0 aromatic heterocycles.